The van der Waals surface area contributed by atoms with E-state index in [-0.39, 0.29) is 24.2 Å². The topological polar surface area (TPSA) is 84.9 Å². The van der Waals surface area contributed by atoms with Crippen LogP contribution in [0.3, 0.4) is 0 Å². The Bertz CT molecular complexity index is 825. The fourth-order valence-corrected chi connectivity index (χ4v) is 5.56. The summed E-state index contributed by atoms with van der Waals surface area (Å²) in [6, 6.07) is 5.16. The second-order valence-corrected chi connectivity index (χ2v) is 9.77. The van der Waals surface area contributed by atoms with Gasteiger partial charge in [0.1, 0.15) is 19.8 Å². The number of sulfonamides is 1. The molecular formula is C19H26N2O5S. The van der Waals surface area contributed by atoms with Gasteiger partial charge >= 0.3 is 0 Å². The molecule has 7 nitrogen and oxygen atoms in total. The number of benzene rings is 1. The molecule has 1 aliphatic heterocycles. The van der Waals surface area contributed by atoms with Gasteiger partial charge in [0.05, 0.1) is 11.4 Å². The van der Waals surface area contributed by atoms with Crippen molar-refractivity contribution in [2.75, 3.05) is 29.8 Å². The van der Waals surface area contributed by atoms with Gasteiger partial charge in [-0.05, 0) is 50.2 Å². The number of ether oxygens (including phenoxy) is 2. The van der Waals surface area contributed by atoms with Crippen LogP contribution in [0.4, 0.5) is 5.69 Å². The van der Waals surface area contributed by atoms with Crippen LogP contribution in [0.15, 0.2) is 18.2 Å². The molecule has 0 unspecified atom stereocenters. The molecule has 27 heavy (non-hydrogen) atoms. The average molecular weight is 394 g/mol. The molecule has 0 radical (unpaired) electrons. The number of hydrogen-bond acceptors (Lipinski definition) is 5. The van der Waals surface area contributed by atoms with Crippen molar-refractivity contribution in [3.05, 3.63) is 18.2 Å². The molecule has 1 N–H and O–H groups in total. The molecule has 3 atom stereocenters. The molecule has 8 heteroatoms. The number of amides is 1. The quantitative estimate of drug-likeness (QED) is 0.797. The smallest absolute Gasteiger partial charge is 0.241 e. The largest absolute Gasteiger partial charge is 0.486 e. The molecule has 2 saturated carbocycles. The van der Waals surface area contributed by atoms with Gasteiger partial charge in [-0.3, -0.25) is 9.10 Å². The van der Waals surface area contributed by atoms with Gasteiger partial charge in [0.15, 0.2) is 11.5 Å². The molecule has 2 aliphatic carbocycles. The van der Waals surface area contributed by atoms with E-state index in [1.807, 2.05) is 0 Å². The van der Waals surface area contributed by atoms with Crippen molar-refractivity contribution in [2.24, 2.45) is 11.8 Å². The molecule has 2 fully saturated rings. The van der Waals surface area contributed by atoms with Gasteiger partial charge in [-0.15, -0.1) is 0 Å². The van der Waals surface area contributed by atoms with Crippen LogP contribution in [0.5, 0.6) is 11.5 Å². The van der Waals surface area contributed by atoms with E-state index in [9.17, 15) is 13.2 Å². The molecule has 0 aromatic heterocycles. The van der Waals surface area contributed by atoms with Gasteiger partial charge < -0.3 is 14.8 Å². The van der Waals surface area contributed by atoms with Gasteiger partial charge in [-0.1, -0.05) is 6.42 Å². The van der Waals surface area contributed by atoms with Gasteiger partial charge in [0.2, 0.25) is 15.9 Å². The molecule has 0 spiro atoms. The molecule has 3 aliphatic rings. The summed E-state index contributed by atoms with van der Waals surface area (Å²) in [6.45, 7) is 2.24. The Morgan fingerprint density at radius 2 is 1.96 bits per heavy atom. The standard InChI is InChI=1S/C19H26N2O5S/c1-2-27(23,24)21(15-5-6-17-18(11-15)26-8-7-25-17)12-19(22)20-16-10-13-3-4-14(16)9-13/h5-6,11,13-14,16H,2-4,7-10,12H2,1H3,(H,20,22)/t13-,14-,16-/m0/s1. The summed E-state index contributed by atoms with van der Waals surface area (Å²) in [7, 11) is -3.60. The third kappa shape index (κ3) is 3.72. The summed E-state index contributed by atoms with van der Waals surface area (Å²) in [5.74, 6) is 2.02. The number of nitrogens with zero attached hydrogens (tertiary/aromatic N) is 1. The first-order chi connectivity index (χ1) is 13.0. The summed E-state index contributed by atoms with van der Waals surface area (Å²) in [5, 5.41) is 3.07. The summed E-state index contributed by atoms with van der Waals surface area (Å²) in [5.41, 5.74) is 0.421. The molecule has 148 valence electrons. The van der Waals surface area contributed by atoms with E-state index in [1.165, 1.54) is 17.1 Å². The maximum Gasteiger partial charge on any atom is 0.241 e. The zero-order valence-corrected chi connectivity index (χ0v) is 16.3. The normalized spacial score (nSPS) is 26.0. The van der Waals surface area contributed by atoms with Crippen LogP contribution >= 0.6 is 0 Å². The third-order valence-electron chi connectivity index (χ3n) is 5.89. The Labute approximate surface area is 160 Å². The van der Waals surface area contributed by atoms with Crippen LogP contribution in [-0.4, -0.2) is 45.9 Å². The number of fused-ring (bicyclic) bond motifs is 3. The number of carbonyl (C=O) groups excluding carboxylic acids is 1. The van der Waals surface area contributed by atoms with Gasteiger partial charge in [0.25, 0.3) is 0 Å². The van der Waals surface area contributed by atoms with E-state index in [2.05, 4.69) is 5.32 Å². The van der Waals surface area contributed by atoms with Crippen molar-refractivity contribution < 1.29 is 22.7 Å². The fraction of sp³-hybridized carbons (Fsp3) is 0.632. The molecule has 1 amide bonds. The molecule has 2 bridgehead atoms. The average Bonchev–Trinajstić information content (AvgIpc) is 3.28. The van der Waals surface area contributed by atoms with Crippen LogP contribution in [0.25, 0.3) is 0 Å². The van der Waals surface area contributed by atoms with E-state index < -0.39 is 10.0 Å². The van der Waals surface area contributed by atoms with Crippen molar-refractivity contribution >= 4 is 21.6 Å². The van der Waals surface area contributed by atoms with Crippen molar-refractivity contribution in [2.45, 2.75) is 38.6 Å². The number of anilines is 1. The molecule has 1 heterocycles. The van der Waals surface area contributed by atoms with E-state index in [0.717, 1.165) is 12.8 Å². The summed E-state index contributed by atoms with van der Waals surface area (Å²) >= 11 is 0. The number of rotatable bonds is 6. The number of hydrogen-bond donors (Lipinski definition) is 1. The fourth-order valence-electron chi connectivity index (χ4n) is 4.50. The van der Waals surface area contributed by atoms with Crippen LogP contribution in [0.1, 0.15) is 32.6 Å². The molecule has 0 saturated heterocycles. The minimum atomic E-state index is -3.60. The van der Waals surface area contributed by atoms with Crippen molar-refractivity contribution in [3.63, 3.8) is 0 Å². The lowest BCUT2D eigenvalue weighted by atomic mass is 9.95. The Morgan fingerprint density at radius 1 is 1.19 bits per heavy atom. The Balaban J connectivity index is 1.52. The Morgan fingerprint density at radius 3 is 2.63 bits per heavy atom. The lowest BCUT2D eigenvalue weighted by Gasteiger charge is -2.28. The van der Waals surface area contributed by atoms with Crippen LogP contribution in [0, 0.1) is 11.8 Å². The highest BCUT2D eigenvalue weighted by atomic mass is 32.2. The van der Waals surface area contributed by atoms with Gasteiger partial charge in [0, 0.05) is 12.1 Å². The molecule has 1 aromatic rings. The Hall–Kier alpha value is -1.96. The zero-order valence-electron chi connectivity index (χ0n) is 15.5. The van der Waals surface area contributed by atoms with Crippen LogP contribution in [0.2, 0.25) is 0 Å². The van der Waals surface area contributed by atoms with Gasteiger partial charge in [-0.25, -0.2) is 8.42 Å². The van der Waals surface area contributed by atoms with Crippen LogP contribution < -0.4 is 19.1 Å². The zero-order chi connectivity index (χ0) is 19.0. The van der Waals surface area contributed by atoms with E-state index in [4.69, 9.17) is 9.47 Å². The minimum absolute atomic E-state index is 0.0805. The van der Waals surface area contributed by atoms with Crippen molar-refractivity contribution in [3.8, 4) is 11.5 Å². The lowest BCUT2D eigenvalue weighted by Crippen LogP contribution is -2.46. The number of nitrogens with one attached hydrogen (secondary N) is 1. The predicted octanol–water partition coefficient (Wildman–Crippen LogP) is 1.92. The second kappa shape index (κ2) is 7.22. The monoisotopic (exact) mass is 394 g/mol. The predicted molar refractivity (Wildman–Crippen MR) is 102 cm³/mol. The first-order valence-corrected chi connectivity index (χ1v) is 11.3. The van der Waals surface area contributed by atoms with Crippen molar-refractivity contribution in [1.29, 1.82) is 0 Å². The molecule has 4 rings (SSSR count). The Kier molecular flexibility index (Phi) is 4.92. The summed E-state index contributed by atoms with van der Waals surface area (Å²) in [6.07, 6.45) is 4.62. The maximum absolute atomic E-state index is 12.6. The lowest BCUT2D eigenvalue weighted by molar-refractivity contribution is -0.120. The highest BCUT2D eigenvalue weighted by Gasteiger charge is 2.40. The minimum Gasteiger partial charge on any atom is -0.486 e. The molecule has 1 aromatic carbocycles. The number of carbonyl (C=O) groups is 1. The summed E-state index contributed by atoms with van der Waals surface area (Å²) < 4.78 is 37.5. The van der Waals surface area contributed by atoms with Crippen molar-refractivity contribution in [1.82, 2.24) is 5.32 Å². The second-order valence-electron chi connectivity index (χ2n) is 7.58. The maximum atomic E-state index is 12.6. The van der Waals surface area contributed by atoms with E-state index in [0.29, 0.717) is 42.2 Å². The van der Waals surface area contributed by atoms with Gasteiger partial charge in [-0.2, -0.15) is 0 Å². The third-order valence-corrected chi connectivity index (χ3v) is 7.63. The van der Waals surface area contributed by atoms with Crippen LogP contribution in [-0.2, 0) is 14.8 Å². The SMILES string of the molecule is CCS(=O)(=O)N(CC(=O)N[C@H]1C[C@H]2CC[C@H]1C2)c1ccc2c(c1)OCCO2. The summed E-state index contributed by atoms with van der Waals surface area (Å²) in [4.78, 5) is 12.6. The first kappa shape index (κ1) is 18.4. The first-order valence-electron chi connectivity index (χ1n) is 9.65. The van der Waals surface area contributed by atoms with E-state index >= 15 is 0 Å². The molecular weight excluding hydrogens is 368 g/mol. The van der Waals surface area contributed by atoms with E-state index in [1.54, 1.807) is 25.1 Å². The highest BCUT2D eigenvalue weighted by molar-refractivity contribution is 7.92. The highest BCUT2D eigenvalue weighted by Crippen LogP contribution is 2.44.